The van der Waals surface area contributed by atoms with E-state index in [9.17, 15) is 0 Å². The molecule has 1 nitrogen and oxygen atoms in total. The van der Waals surface area contributed by atoms with Crippen molar-refractivity contribution in [3.8, 4) is 12.3 Å². The maximum atomic E-state index is 5.26. The SMILES string of the molecule is C#CC(C)NC(C)CCC(C)C. The Labute approximate surface area is 76.9 Å². The number of rotatable bonds is 5. The van der Waals surface area contributed by atoms with Gasteiger partial charge in [0.05, 0.1) is 6.04 Å². The van der Waals surface area contributed by atoms with E-state index in [-0.39, 0.29) is 6.04 Å². The van der Waals surface area contributed by atoms with Crippen LogP contribution in [0.4, 0.5) is 0 Å². The Bertz CT molecular complexity index is 144. The summed E-state index contributed by atoms with van der Waals surface area (Å²) in [7, 11) is 0. The highest BCUT2D eigenvalue weighted by Crippen LogP contribution is 2.06. The standard InChI is InChI=1S/C11H21N/c1-6-10(4)12-11(5)8-7-9(2)3/h1,9-12H,7-8H2,2-5H3. The Kier molecular flexibility index (Phi) is 5.84. The molecule has 2 atom stereocenters. The van der Waals surface area contributed by atoms with Gasteiger partial charge in [-0.1, -0.05) is 19.8 Å². The van der Waals surface area contributed by atoms with Crippen molar-refractivity contribution in [2.75, 3.05) is 0 Å². The predicted octanol–water partition coefficient (Wildman–Crippen LogP) is 2.42. The molecule has 0 fully saturated rings. The number of hydrogen-bond acceptors (Lipinski definition) is 1. The first-order chi connectivity index (χ1) is 5.56. The van der Waals surface area contributed by atoms with Crippen molar-refractivity contribution in [3.63, 3.8) is 0 Å². The first-order valence-corrected chi connectivity index (χ1v) is 4.78. The van der Waals surface area contributed by atoms with Crippen LogP contribution in [0, 0.1) is 18.3 Å². The van der Waals surface area contributed by atoms with Gasteiger partial charge in [-0.2, -0.15) is 0 Å². The Hall–Kier alpha value is -0.480. The zero-order valence-corrected chi connectivity index (χ0v) is 8.72. The van der Waals surface area contributed by atoms with Gasteiger partial charge in [0.25, 0.3) is 0 Å². The maximum absolute atomic E-state index is 5.26. The van der Waals surface area contributed by atoms with Crippen molar-refractivity contribution in [1.29, 1.82) is 0 Å². The fourth-order valence-electron chi connectivity index (χ4n) is 1.14. The molecule has 0 heterocycles. The zero-order valence-electron chi connectivity index (χ0n) is 8.72. The molecular formula is C11H21N. The van der Waals surface area contributed by atoms with Gasteiger partial charge in [0.15, 0.2) is 0 Å². The van der Waals surface area contributed by atoms with Crippen LogP contribution in [0.3, 0.4) is 0 Å². The fourth-order valence-corrected chi connectivity index (χ4v) is 1.14. The normalized spacial score (nSPS) is 15.7. The van der Waals surface area contributed by atoms with Crippen LogP contribution in [0.15, 0.2) is 0 Å². The lowest BCUT2D eigenvalue weighted by molar-refractivity contribution is 0.440. The van der Waals surface area contributed by atoms with Gasteiger partial charge in [0, 0.05) is 6.04 Å². The van der Waals surface area contributed by atoms with E-state index in [0.29, 0.717) is 6.04 Å². The van der Waals surface area contributed by atoms with E-state index in [1.807, 2.05) is 6.92 Å². The van der Waals surface area contributed by atoms with E-state index >= 15 is 0 Å². The molecule has 12 heavy (non-hydrogen) atoms. The lowest BCUT2D eigenvalue weighted by atomic mass is 10.0. The number of hydrogen-bond donors (Lipinski definition) is 1. The second-order valence-corrected chi connectivity index (χ2v) is 3.93. The minimum atomic E-state index is 0.201. The smallest absolute Gasteiger partial charge is 0.0660 e. The van der Waals surface area contributed by atoms with E-state index in [0.717, 1.165) is 5.92 Å². The molecule has 0 saturated heterocycles. The van der Waals surface area contributed by atoms with Crippen LogP contribution >= 0.6 is 0 Å². The van der Waals surface area contributed by atoms with Crippen LogP contribution in [-0.4, -0.2) is 12.1 Å². The molecule has 1 N–H and O–H groups in total. The average molecular weight is 167 g/mol. The minimum Gasteiger partial charge on any atom is -0.301 e. The van der Waals surface area contributed by atoms with Gasteiger partial charge in [0.1, 0.15) is 0 Å². The summed E-state index contributed by atoms with van der Waals surface area (Å²) in [6, 6.07) is 0.741. The Morgan fingerprint density at radius 3 is 2.17 bits per heavy atom. The first-order valence-electron chi connectivity index (χ1n) is 4.78. The van der Waals surface area contributed by atoms with E-state index in [2.05, 4.69) is 32.0 Å². The summed E-state index contributed by atoms with van der Waals surface area (Å²) in [6.45, 7) is 8.71. The third-order valence-corrected chi connectivity index (χ3v) is 1.96. The molecular weight excluding hydrogens is 146 g/mol. The summed E-state index contributed by atoms with van der Waals surface area (Å²) in [5, 5.41) is 3.35. The van der Waals surface area contributed by atoms with Crippen molar-refractivity contribution >= 4 is 0 Å². The van der Waals surface area contributed by atoms with Crippen molar-refractivity contribution in [2.45, 2.75) is 52.6 Å². The van der Waals surface area contributed by atoms with E-state index < -0.39 is 0 Å². The molecule has 0 rings (SSSR count). The second-order valence-electron chi connectivity index (χ2n) is 3.93. The van der Waals surface area contributed by atoms with Gasteiger partial charge in [0.2, 0.25) is 0 Å². The number of nitrogens with one attached hydrogen (secondary N) is 1. The maximum Gasteiger partial charge on any atom is 0.0660 e. The summed E-state index contributed by atoms with van der Waals surface area (Å²) in [5.41, 5.74) is 0. The lowest BCUT2D eigenvalue weighted by Gasteiger charge is -2.16. The highest BCUT2D eigenvalue weighted by atomic mass is 14.9. The molecule has 1 heteroatoms. The molecule has 0 bridgehead atoms. The largest absolute Gasteiger partial charge is 0.301 e. The molecule has 0 amide bonds. The average Bonchev–Trinajstić information content (AvgIpc) is 2.00. The lowest BCUT2D eigenvalue weighted by Crippen LogP contribution is -2.33. The van der Waals surface area contributed by atoms with Crippen LogP contribution in [0.2, 0.25) is 0 Å². The first kappa shape index (κ1) is 11.5. The van der Waals surface area contributed by atoms with E-state index in [4.69, 9.17) is 6.42 Å². The molecule has 2 unspecified atom stereocenters. The molecule has 70 valence electrons. The molecule has 0 spiro atoms. The van der Waals surface area contributed by atoms with Gasteiger partial charge < -0.3 is 5.32 Å². The highest BCUT2D eigenvalue weighted by molar-refractivity contribution is 4.96. The molecule has 0 aromatic rings. The summed E-state index contributed by atoms with van der Waals surface area (Å²) >= 11 is 0. The van der Waals surface area contributed by atoms with Crippen LogP contribution < -0.4 is 5.32 Å². The van der Waals surface area contributed by atoms with Crippen molar-refractivity contribution < 1.29 is 0 Å². The van der Waals surface area contributed by atoms with Gasteiger partial charge in [-0.3, -0.25) is 0 Å². The van der Waals surface area contributed by atoms with Gasteiger partial charge in [-0.05, 0) is 32.6 Å². The highest BCUT2D eigenvalue weighted by Gasteiger charge is 2.05. The summed E-state index contributed by atoms with van der Waals surface area (Å²) < 4.78 is 0. The van der Waals surface area contributed by atoms with E-state index in [1.54, 1.807) is 0 Å². The van der Waals surface area contributed by atoms with Crippen LogP contribution in [0.5, 0.6) is 0 Å². The van der Waals surface area contributed by atoms with Crippen LogP contribution in [0.1, 0.15) is 40.5 Å². The van der Waals surface area contributed by atoms with Gasteiger partial charge in [-0.25, -0.2) is 0 Å². The molecule has 0 aromatic carbocycles. The third kappa shape index (κ3) is 6.24. The Balaban J connectivity index is 3.47. The molecule has 0 radical (unpaired) electrons. The Morgan fingerprint density at radius 1 is 1.17 bits per heavy atom. The topological polar surface area (TPSA) is 12.0 Å². The molecule has 0 saturated carbocycles. The number of terminal acetylenes is 1. The van der Waals surface area contributed by atoms with E-state index in [1.165, 1.54) is 12.8 Å². The second kappa shape index (κ2) is 6.08. The van der Waals surface area contributed by atoms with Crippen LogP contribution in [-0.2, 0) is 0 Å². The predicted molar refractivity (Wildman–Crippen MR) is 55.0 cm³/mol. The molecule has 0 aliphatic heterocycles. The molecule has 0 aliphatic carbocycles. The Morgan fingerprint density at radius 2 is 1.75 bits per heavy atom. The van der Waals surface area contributed by atoms with Gasteiger partial charge in [-0.15, -0.1) is 6.42 Å². The van der Waals surface area contributed by atoms with Crippen molar-refractivity contribution in [2.24, 2.45) is 5.92 Å². The molecule has 0 aromatic heterocycles. The van der Waals surface area contributed by atoms with Crippen LogP contribution in [0.25, 0.3) is 0 Å². The fraction of sp³-hybridized carbons (Fsp3) is 0.818. The van der Waals surface area contributed by atoms with Crippen molar-refractivity contribution in [3.05, 3.63) is 0 Å². The summed E-state index contributed by atoms with van der Waals surface area (Å²) in [4.78, 5) is 0. The quantitative estimate of drug-likeness (QED) is 0.620. The summed E-state index contributed by atoms with van der Waals surface area (Å²) in [6.07, 6.45) is 7.75. The monoisotopic (exact) mass is 167 g/mol. The third-order valence-electron chi connectivity index (χ3n) is 1.96. The summed E-state index contributed by atoms with van der Waals surface area (Å²) in [5.74, 6) is 3.46. The van der Waals surface area contributed by atoms with Crippen molar-refractivity contribution in [1.82, 2.24) is 5.32 Å². The van der Waals surface area contributed by atoms with Gasteiger partial charge >= 0.3 is 0 Å². The zero-order chi connectivity index (χ0) is 9.56. The molecule has 0 aliphatic rings. The minimum absolute atomic E-state index is 0.201.